The Morgan fingerprint density at radius 1 is 1.46 bits per heavy atom. The highest BCUT2D eigenvalue weighted by Crippen LogP contribution is 2.21. The third kappa shape index (κ3) is 2.21. The minimum Gasteiger partial charge on any atom is -0.0985 e. The van der Waals surface area contributed by atoms with Gasteiger partial charge in [0.2, 0.25) is 0 Å². The molecule has 0 heteroatoms. The van der Waals surface area contributed by atoms with Crippen molar-refractivity contribution in [2.45, 2.75) is 33.1 Å². The van der Waals surface area contributed by atoms with Crippen LogP contribution >= 0.6 is 0 Å². The molecule has 0 aliphatic heterocycles. The Morgan fingerprint density at radius 2 is 2.15 bits per heavy atom. The molecule has 0 nitrogen and oxygen atoms in total. The number of aryl methyl sites for hydroxylation is 1. The SMILES string of the molecule is C=Cc1cc(C(C)CC)ccc1C. The zero-order valence-electron chi connectivity index (χ0n) is 8.80. The zero-order chi connectivity index (χ0) is 9.84. The lowest BCUT2D eigenvalue weighted by atomic mass is 9.95. The van der Waals surface area contributed by atoms with Crippen LogP contribution in [0.5, 0.6) is 0 Å². The van der Waals surface area contributed by atoms with Crippen LogP contribution in [0.25, 0.3) is 6.08 Å². The lowest BCUT2D eigenvalue weighted by Crippen LogP contribution is -1.92. The van der Waals surface area contributed by atoms with Crippen molar-refractivity contribution in [2.75, 3.05) is 0 Å². The quantitative estimate of drug-likeness (QED) is 0.645. The fourth-order valence-electron chi connectivity index (χ4n) is 1.42. The van der Waals surface area contributed by atoms with E-state index in [1.807, 2.05) is 6.08 Å². The minimum atomic E-state index is 0.652. The minimum absolute atomic E-state index is 0.652. The Kier molecular flexibility index (Phi) is 3.30. The van der Waals surface area contributed by atoms with Gasteiger partial charge in [0.15, 0.2) is 0 Å². The monoisotopic (exact) mass is 174 g/mol. The molecule has 0 heterocycles. The molecule has 1 atom stereocenters. The van der Waals surface area contributed by atoms with Crippen LogP contribution in [0.4, 0.5) is 0 Å². The van der Waals surface area contributed by atoms with Gasteiger partial charge in [0.1, 0.15) is 0 Å². The van der Waals surface area contributed by atoms with E-state index in [9.17, 15) is 0 Å². The molecule has 1 aromatic carbocycles. The van der Waals surface area contributed by atoms with E-state index in [1.54, 1.807) is 0 Å². The average molecular weight is 174 g/mol. The molecule has 1 unspecified atom stereocenters. The number of hydrogen-bond acceptors (Lipinski definition) is 0. The van der Waals surface area contributed by atoms with Crippen molar-refractivity contribution in [3.8, 4) is 0 Å². The molecule has 70 valence electrons. The maximum Gasteiger partial charge on any atom is -0.0193 e. The largest absolute Gasteiger partial charge is 0.0985 e. The molecular formula is C13H18. The molecule has 0 fully saturated rings. The van der Waals surface area contributed by atoms with Crippen LogP contribution in [0.1, 0.15) is 42.9 Å². The Morgan fingerprint density at radius 3 is 2.69 bits per heavy atom. The van der Waals surface area contributed by atoms with Crippen molar-refractivity contribution in [1.29, 1.82) is 0 Å². The second kappa shape index (κ2) is 4.27. The van der Waals surface area contributed by atoms with Crippen LogP contribution < -0.4 is 0 Å². The van der Waals surface area contributed by atoms with E-state index in [0.717, 1.165) is 0 Å². The summed E-state index contributed by atoms with van der Waals surface area (Å²) in [6, 6.07) is 6.64. The first-order chi connectivity index (χ1) is 6.19. The molecular weight excluding hydrogens is 156 g/mol. The lowest BCUT2D eigenvalue weighted by molar-refractivity contribution is 0.733. The van der Waals surface area contributed by atoms with E-state index < -0.39 is 0 Å². The van der Waals surface area contributed by atoms with E-state index in [-0.39, 0.29) is 0 Å². The Bertz CT molecular complexity index is 297. The molecule has 0 spiro atoms. The Hall–Kier alpha value is -1.04. The first-order valence-corrected chi connectivity index (χ1v) is 4.92. The maximum absolute atomic E-state index is 3.82. The summed E-state index contributed by atoms with van der Waals surface area (Å²) in [5.74, 6) is 0.652. The third-order valence-corrected chi connectivity index (χ3v) is 2.70. The summed E-state index contributed by atoms with van der Waals surface area (Å²) in [7, 11) is 0. The van der Waals surface area contributed by atoms with Crippen LogP contribution in [0, 0.1) is 6.92 Å². The highest BCUT2D eigenvalue weighted by Gasteiger charge is 2.03. The van der Waals surface area contributed by atoms with E-state index in [0.29, 0.717) is 5.92 Å². The van der Waals surface area contributed by atoms with Crippen molar-refractivity contribution in [3.63, 3.8) is 0 Å². The molecule has 0 saturated carbocycles. The van der Waals surface area contributed by atoms with E-state index >= 15 is 0 Å². The van der Waals surface area contributed by atoms with Crippen LogP contribution in [-0.2, 0) is 0 Å². The van der Waals surface area contributed by atoms with Crippen molar-refractivity contribution in [3.05, 3.63) is 41.5 Å². The molecule has 0 saturated heterocycles. The van der Waals surface area contributed by atoms with Crippen molar-refractivity contribution < 1.29 is 0 Å². The Labute approximate surface area is 81.3 Å². The van der Waals surface area contributed by atoms with Gasteiger partial charge in [0, 0.05) is 0 Å². The topological polar surface area (TPSA) is 0 Å². The van der Waals surface area contributed by atoms with Gasteiger partial charge in [-0.25, -0.2) is 0 Å². The van der Waals surface area contributed by atoms with E-state index in [2.05, 4.69) is 45.5 Å². The summed E-state index contributed by atoms with van der Waals surface area (Å²) in [5.41, 5.74) is 3.99. The smallest absolute Gasteiger partial charge is 0.0193 e. The standard InChI is InChI=1S/C13H18/c1-5-10(3)13-8-7-11(4)12(6-2)9-13/h6-10H,2,5H2,1,3-4H3. The van der Waals surface area contributed by atoms with Gasteiger partial charge in [0.05, 0.1) is 0 Å². The second-order valence-corrected chi connectivity index (χ2v) is 3.63. The summed E-state index contributed by atoms with van der Waals surface area (Å²) in [5, 5.41) is 0. The molecule has 1 aromatic rings. The number of rotatable bonds is 3. The summed E-state index contributed by atoms with van der Waals surface area (Å²) < 4.78 is 0. The van der Waals surface area contributed by atoms with Crippen LogP contribution in [0.2, 0.25) is 0 Å². The molecule has 0 radical (unpaired) electrons. The molecule has 0 aromatic heterocycles. The van der Waals surface area contributed by atoms with Crippen molar-refractivity contribution in [2.24, 2.45) is 0 Å². The van der Waals surface area contributed by atoms with E-state index in [1.165, 1.54) is 23.1 Å². The lowest BCUT2D eigenvalue weighted by Gasteiger charge is -2.10. The highest BCUT2D eigenvalue weighted by molar-refractivity contribution is 5.53. The third-order valence-electron chi connectivity index (χ3n) is 2.70. The predicted octanol–water partition coefficient (Wildman–Crippen LogP) is 4.15. The maximum atomic E-state index is 3.82. The molecule has 0 amide bonds. The predicted molar refractivity (Wildman–Crippen MR) is 60.0 cm³/mol. The van der Waals surface area contributed by atoms with Gasteiger partial charge < -0.3 is 0 Å². The molecule has 0 bridgehead atoms. The second-order valence-electron chi connectivity index (χ2n) is 3.63. The summed E-state index contributed by atoms with van der Waals surface area (Å²) in [4.78, 5) is 0. The summed E-state index contributed by atoms with van der Waals surface area (Å²) in [6.45, 7) is 10.4. The highest BCUT2D eigenvalue weighted by atomic mass is 14.1. The summed E-state index contributed by atoms with van der Waals surface area (Å²) >= 11 is 0. The first-order valence-electron chi connectivity index (χ1n) is 4.92. The molecule has 1 rings (SSSR count). The van der Waals surface area contributed by atoms with Gasteiger partial charge in [-0.2, -0.15) is 0 Å². The Balaban J connectivity index is 3.05. The van der Waals surface area contributed by atoms with Gasteiger partial charge in [-0.15, -0.1) is 0 Å². The van der Waals surface area contributed by atoms with Crippen LogP contribution in [0.15, 0.2) is 24.8 Å². The van der Waals surface area contributed by atoms with E-state index in [4.69, 9.17) is 0 Å². The molecule has 13 heavy (non-hydrogen) atoms. The fourth-order valence-corrected chi connectivity index (χ4v) is 1.42. The van der Waals surface area contributed by atoms with Gasteiger partial charge in [-0.1, -0.05) is 44.7 Å². The average Bonchev–Trinajstić information content (AvgIpc) is 2.17. The molecule has 0 N–H and O–H groups in total. The van der Waals surface area contributed by atoms with Gasteiger partial charge in [-0.3, -0.25) is 0 Å². The molecule has 0 aliphatic carbocycles. The number of benzene rings is 1. The van der Waals surface area contributed by atoms with Gasteiger partial charge in [0.25, 0.3) is 0 Å². The zero-order valence-corrected chi connectivity index (χ0v) is 8.80. The number of hydrogen-bond donors (Lipinski definition) is 0. The molecule has 0 aliphatic rings. The van der Waals surface area contributed by atoms with Crippen molar-refractivity contribution >= 4 is 6.08 Å². The van der Waals surface area contributed by atoms with Gasteiger partial charge >= 0.3 is 0 Å². The first kappa shape index (κ1) is 10.0. The fraction of sp³-hybridized carbons (Fsp3) is 0.385. The van der Waals surface area contributed by atoms with Crippen molar-refractivity contribution in [1.82, 2.24) is 0 Å². The van der Waals surface area contributed by atoms with Crippen LogP contribution in [-0.4, -0.2) is 0 Å². The summed E-state index contributed by atoms with van der Waals surface area (Å²) in [6.07, 6.45) is 3.13. The van der Waals surface area contributed by atoms with Crippen LogP contribution in [0.3, 0.4) is 0 Å². The van der Waals surface area contributed by atoms with Gasteiger partial charge in [-0.05, 0) is 36.0 Å². The normalized spacial score (nSPS) is 12.5.